The van der Waals surface area contributed by atoms with Crippen LogP contribution in [0.2, 0.25) is 0 Å². The summed E-state index contributed by atoms with van der Waals surface area (Å²) in [5, 5.41) is 27.2. The van der Waals surface area contributed by atoms with Crippen molar-refractivity contribution in [2.24, 2.45) is 0 Å². The molecule has 98 valence electrons. The number of aliphatic hydroxyl groups is 1. The van der Waals surface area contributed by atoms with Crippen LogP contribution in [-0.4, -0.2) is 45.7 Å². The number of carboxylic acid groups (broad SMARTS) is 1. The van der Waals surface area contributed by atoms with Gasteiger partial charge in [-0.1, -0.05) is 0 Å². The van der Waals surface area contributed by atoms with E-state index in [4.69, 9.17) is 10.4 Å². The van der Waals surface area contributed by atoms with Crippen molar-refractivity contribution in [3.05, 3.63) is 35.4 Å². The first-order valence-electron chi connectivity index (χ1n) is 5.75. The van der Waals surface area contributed by atoms with Gasteiger partial charge in [0.15, 0.2) is 0 Å². The zero-order valence-corrected chi connectivity index (χ0v) is 9.98. The van der Waals surface area contributed by atoms with E-state index in [2.05, 4.69) is 0 Å². The van der Waals surface area contributed by atoms with Gasteiger partial charge in [0.2, 0.25) is 0 Å². The molecule has 0 bridgehead atoms. The first kappa shape index (κ1) is 13.1. The van der Waals surface area contributed by atoms with Crippen LogP contribution in [0.15, 0.2) is 24.3 Å². The molecule has 6 nitrogen and oxygen atoms in total. The van der Waals surface area contributed by atoms with E-state index in [0.717, 1.165) is 4.90 Å². The summed E-state index contributed by atoms with van der Waals surface area (Å²) in [7, 11) is 0. The molecule has 0 radical (unpaired) electrons. The quantitative estimate of drug-likeness (QED) is 0.791. The van der Waals surface area contributed by atoms with Crippen molar-refractivity contribution in [1.29, 1.82) is 5.26 Å². The number of benzene rings is 1. The fraction of sp³-hybridized carbons (Fsp3) is 0.308. The van der Waals surface area contributed by atoms with Crippen LogP contribution in [0.1, 0.15) is 22.3 Å². The number of aliphatic carboxylic acids is 1. The number of carbonyl (C=O) groups excluding carboxylic acids is 1. The molecule has 2 N–H and O–H groups in total. The van der Waals surface area contributed by atoms with Crippen molar-refractivity contribution in [3.8, 4) is 6.07 Å². The zero-order valence-electron chi connectivity index (χ0n) is 9.98. The molecule has 1 aliphatic heterocycles. The SMILES string of the molecule is N#Cc1ccc(C(=O)N2C[C@H](O)C[C@H]2C(=O)O)cc1. The summed E-state index contributed by atoms with van der Waals surface area (Å²) in [5.74, 6) is -1.58. The standard InChI is InChI=1S/C13H12N2O4/c14-6-8-1-3-9(4-2-8)12(17)15-7-10(16)5-11(15)13(18)19/h1-4,10-11,16H,5,7H2,(H,18,19)/t10-,11+/m1/s1. The van der Waals surface area contributed by atoms with Crippen LogP contribution in [0.25, 0.3) is 0 Å². The van der Waals surface area contributed by atoms with E-state index >= 15 is 0 Å². The van der Waals surface area contributed by atoms with Gasteiger partial charge in [0.1, 0.15) is 6.04 Å². The molecule has 1 aliphatic rings. The fourth-order valence-corrected chi connectivity index (χ4v) is 2.13. The lowest BCUT2D eigenvalue weighted by molar-refractivity contribution is -0.141. The number of rotatable bonds is 2. The van der Waals surface area contributed by atoms with E-state index in [9.17, 15) is 14.7 Å². The van der Waals surface area contributed by atoms with Gasteiger partial charge in [-0.15, -0.1) is 0 Å². The molecule has 1 heterocycles. The summed E-state index contributed by atoms with van der Waals surface area (Å²) in [6.45, 7) is 0.00972. The summed E-state index contributed by atoms with van der Waals surface area (Å²) in [4.78, 5) is 24.4. The van der Waals surface area contributed by atoms with Crippen molar-refractivity contribution >= 4 is 11.9 Å². The molecule has 19 heavy (non-hydrogen) atoms. The van der Waals surface area contributed by atoms with Gasteiger partial charge in [-0.25, -0.2) is 4.79 Å². The number of nitriles is 1. The van der Waals surface area contributed by atoms with E-state index in [0.29, 0.717) is 11.1 Å². The van der Waals surface area contributed by atoms with E-state index in [1.54, 1.807) is 0 Å². The van der Waals surface area contributed by atoms with Gasteiger partial charge in [0.05, 0.1) is 17.7 Å². The Morgan fingerprint density at radius 2 is 1.95 bits per heavy atom. The second-order valence-electron chi connectivity index (χ2n) is 4.39. The number of likely N-dealkylation sites (tertiary alicyclic amines) is 1. The van der Waals surface area contributed by atoms with Gasteiger partial charge in [-0.2, -0.15) is 5.26 Å². The van der Waals surface area contributed by atoms with Crippen LogP contribution in [-0.2, 0) is 4.79 Å². The fourth-order valence-electron chi connectivity index (χ4n) is 2.13. The number of hydrogen-bond acceptors (Lipinski definition) is 4. The molecule has 1 saturated heterocycles. The van der Waals surface area contributed by atoms with Gasteiger partial charge >= 0.3 is 5.97 Å². The second-order valence-corrected chi connectivity index (χ2v) is 4.39. The highest BCUT2D eigenvalue weighted by molar-refractivity contribution is 5.97. The first-order chi connectivity index (χ1) is 9.02. The molecule has 0 spiro atoms. The van der Waals surface area contributed by atoms with Crippen molar-refractivity contribution < 1.29 is 19.8 Å². The zero-order chi connectivity index (χ0) is 14.0. The maximum atomic E-state index is 12.2. The van der Waals surface area contributed by atoms with Crippen LogP contribution >= 0.6 is 0 Å². The van der Waals surface area contributed by atoms with Crippen LogP contribution in [0.4, 0.5) is 0 Å². The topological polar surface area (TPSA) is 102 Å². The Bertz CT molecular complexity index is 547. The maximum Gasteiger partial charge on any atom is 0.326 e. The minimum absolute atomic E-state index is 0.00972. The summed E-state index contributed by atoms with van der Waals surface area (Å²) in [5.41, 5.74) is 0.729. The summed E-state index contributed by atoms with van der Waals surface area (Å²) >= 11 is 0. The summed E-state index contributed by atoms with van der Waals surface area (Å²) in [6.07, 6.45) is -0.777. The number of hydrogen-bond donors (Lipinski definition) is 2. The molecule has 1 aromatic carbocycles. The van der Waals surface area contributed by atoms with Crippen LogP contribution in [0, 0.1) is 11.3 Å². The van der Waals surface area contributed by atoms with Crippen LogP contribution in [0.3, 0.4) is 0 Å². The molecule has 0 aromatic heterocycles. The number of carbonyl (C=O) groups is 2. The maximum absolute atomic E-state index is 12.2. The third-order valence-corrected chi connectivity index (χ3v) is 3.09. The number of aliphatic hydroxyl groups excluding tert-OH is 1. The van der Waals surface area contributed by atoms with Gasteiger partial charge in [0, 0.05) is 18.5 Å². The molecule has 1 aromatic rings. The minimum Gasteiger partial charge on any atom is -0.480 e. The Morgan fingerprint density at radius 1 is 1.32 bits per heavy atom. The largest absolute Gasteiger partial charge is 0.480 e. The Morgan fingerprint density at radius 3 is 2.47 bits per heavy atom. The Kier molecular flexibility index (Phi) is 3.49. The number of nitrogens with zero attached hydrogens (tertiary/aromatic N) is 2. The average Bonchev–Trinajstić information content (AvgIpc) is 2.80. The molecular formula is C13H12N2O4. The van der Waals surface area contributed by atoms with Crippen LogP contribution in [0.5, 0.6) is 0 Å². The smallest absolute Gasteiger partial charge is 0.326 e. The highest BCUT2D eigenvalue weighted by Gasteiger charge is 2.39. The third kappa shape index (κ3) is 2.56. The minimum atomic E-state index is -1.13. The van der Waals surface area contributed by atoms with E-state index in [1.807, 2.05) is 6.07 Å². The molecule has 6 heteroatoms. The lowest BCUT2D eigenvalue weighted by atomic mass is 10.1. The monoisotopic (exact) mass is 260 g/mol. The molecule has 2 rings (SSSR count). The average molecular weight is 260 g/mol. The Labute approximate surface area is 109 Å². The van der Waals surface area contributed by atoms with Gasteiger partial charge in [-0.05, 0) is 24.3 Å². The number of amides is 1. The lowest BCUT2D eigenvalue weighted by Crippen LogP contribution is -2.40. The van der Waals surface area contributed by atoms with Crippen molar-refractivity contribution in [2.45, 2.75) is 18.6 Å². The van der Waals surface area contributed by atoms with E-state index in [1.165, 1.54) is 24.3 Å². The first-order valence-corrected chi connectivity index (χ1v) is 5.75. The van der Waals surface area contributed by atoms with Crippen LogP contribution < -0.4 is 0 Å². The van der Waals surface area contributed by atoms with Gasteiger partial charge in [0.25, 0.3) is 5.91 Å². The predicted molar refractivity (Wildman–Crippen MR) is 64.2 cm³/mol. The van der Waals surface area contributed by atoms with E-state index < -0.39 is 24.0 Å². The lowest BCUT2D eigenvalue weighted by Gasteiger charge is -2.21. The second kappa shape index (κ2) is 5.08. The van der Waals surface area contributed by atoms with Gasteiger partial charge in [-0.3, -0.25) is 4.79 Å². The number of carboxylic acids is 1. The highest BCUT2D eigenvalue weighted by Crippen LogP contribution is 2.21. The molecule has 1 amide bonds. The van der Waals surface area contributed by atoms with Crippen molar-refractivity contribution in [1.82, 2.24) is 4.90 Å². The molecule has 0 unspecified atom stereocenters. The van der Waals surface area contributed by atoms with E-state index in [-0.39, 0.29) is 13.0 Å². The number of β-amino-alcohol motifs (C(OH)–C–C–N with tert-alkyl or cyclic N) is 1. The predicted octanol–water partition coefficient (Wildman–Crippen LogP) is 0.218. The highest BCUT2D eigenvalue weighted by atomic mass is 16.4. The molecular weight excluding hydrogens is 248 g/mol. The normalized spacial score (nSPS) is 22.0. The molecule has 0 saturated carbocycles. The van der Waals surface area contributed by atoms with Gasteiger partial charge < -0.3 is 15.1 Å². The van der Waals surface area contributed by atoms with Crippen molar-refractivity contribution in [3.63, 3.8) is 0 Å². The third-order valence-electron chi connectivity index (χ3n) is 3.09. The molecule has 0 aliphatic carbocycles. The summed E-state index contributed by atoms with van der Waals surface area (Å²) in [6, 6.07) is 6.88. The molecule has 1 fully saturated rings. The Balaban J connectivity index is 2.22. The molecule has 2 atom stereocenters. The Hall–Kier alpha value is -2.39. The summed E-state index contributed by atoms with van der Waals surface area (Å²) < 4.78 is 0. The van der Waals surface area contributed by atoms with Crippen molar-refractivity contribution in [2.75, 3.05) is 6.54 Å².